The minimum Gasteiger partial charge on any atom is -0.366 e. The molecule has 2 N–H and O–H groups in total. The summed E-state index contributed by atoms with van der Waals surface area (Å²) in [5.74, 6) is 2.20. The average Bonchev–Trinajstić information content (AvgIpc) is 3.14. The van der Waals surface area contributed by atoms with Crippen LogP contribution in [0.1, 0.15) is 38.7 Å². The number of aromatic nitrogens is 2. The Morgan fingerprint density at radius 3 is 2.77 bits per heavy atom. The van der Waals surface area contributed by atoms with Gasteiger partial charge in [0.05, 0.1) is 0 Å². The lowest BCUT2D eigenvalue weighted by atomic mass is 10.1. The molecule has 1 aliphatic rings. The fraction of sp³-hybridized carbons (Fsp3) is 0.450. The van der Waals surface area contributed by atoms with Crippen LogP contribution in [0.25, 0.3) is 0 Å². The van der Waals surface area contributed by atoms with Crippen molar-refractivity contribution in [3.05, 3.63) is 42.2 Å². The summed E-state index contributed by atoms with van der Waals surface area (Å²) in [7, 11) is 0. The molecule has 26 heavy (non-hydrogen) atoms. The summed E-state index contributed by atoms with van der Waals surface area (Å²) in [6.07, 6.45) is 4.59. The van der Waals surface area contributed by atoms with Crippen molar-refractivity contribution in [2.45, 2.75) is 39.7 Å². The van der Waals surface area contributed by atoms with Gasteiger partial charge in [-0.15, -0.1) is 0 Å². The third-order valence-corrected chi connectivity index (χ3v) is 4.36. The molecule has 1 aliphatic heterocycles. The maximum atomic E-state index is 11.9. The summed E-state index contributed by atoms with van der Waals surface area (Å²) >= 11 is 0. The van der Waals surface area contributed by atoms with Gasteiger partial charge >= 0.3 is 0 Å². The molecule has 1 fully saturated rings. The van der Waals surface area contributed by atoms with Crippen molar-refractivity contribution >= 4 is 23.2 Å². The third kappa shape index (κ3) is 5.18. The van der Waals surface area contributed by atoms with Crippen LogP contribution in [0.3, 0.4) is 0 Å². The second-order valence-corrected chi connectivity index (χ2v) is 7.16. The topological polar surface area (TPSA) is 70.2 Å². The molecular weight excluding hydrogens is 326 g/mol. The van der Waals surface area contributed by atoms with E-state index in [0.29, 0.717) is 18.9 Å². The number of benzene rings is 1. The van der Waals surface area contributed by atoms with Crippen LogP contribution in [-0.4, -0.2) is 29.0 Å². The fourth-order valence-electron chi connectivity index (χ4n) is 3.10. The number of carbonyl (C=O) groups is 1. The van der Waals surface area contributed by atoms with Crippen LogP contribution in [0.15, 0.2) is 36.7 Å². The van der Waals surface area contributed by atoms with Crippen LogP contribution in [-0.2, 0) is 11.3 Å². The van der Waals surface area contributed by atoms with E-state index >= 15 is 0 Å². The first-order valence-electron chi connectivity index (χ1n) is 9.30. The fourth-order valence-corrected chi connectivity index (χ4v) is 3.10. The highest BCUT2D eigenvalue weighted by atomic mass is 16.1. The van der Waals surface area contributed by atoms with Crippen LogP contribution in [0.2, 0.25) is 0 Å². The Hall–Kier alpha value is -2.63. The zero-order valence-corrected chi connectivity index (χ0v) is 15.5. The summed E-state index contributed by atoms with van der Waals surface area (Å²) < 4.78 is 0. The molecule has 0 spiro atoms. The van der Waals surface area contributed by atoms with E-state index in [-0.39, 0.29) is 5.91 Å². The Balaban J connectivity index is 1.58. The molecule has 0 radical (unpaired) electrons. The maximum Gasteiger partial charge on any atom is 0.224 e. The van der Waals surface area contributed by atoms with Gasteiger partial charge in [0.25, 0.3) is 0 Å². The SMILES string of the molecule is CC(C)CC(=O)Nc1cccc(CNc2cc(N3CCCC3)ncn2)c1. The summed E-state index contributed by atoms with van der Waals surface area (Å²) in [5.41, 5.74) is 1.92. The van der Waals surface area contributed by atoms with E-state index in [4.69, 9.17) is 0 Å². The molecule has 0 bridgehead atoms. The van der Waals surface area contributed by atoms with Gasteiger partial charge in [0.2, 0.25) is 5.91 Å². The summed E-state index contributed by atoms with van der Waals surface area (Å²) in [6.45, 7) is 6.85. The highest BCUT2D eigenvalue weighted by Gasteiger charge is 2.14. The third-order valence-electron chi connectivity index (χ3n) is 4.36. The molecule has 1 saturated heterocycles. The quantitative estimate of drug-likeness (QED) is 0.795. The van der Waals surface area contributed by atoms with E-state index in [2.05, 4.69) is 25.5 Å². The van der Waals surface area contributed by atoms with Gasteiger partial charge in [0.1, 0.15) is 18.0 Å². The second-order valence-electron chi connectivity index (χ2n) is 7.16. The molecule has 2 aromatic rings. The van der Waals surface area contributed by atoms with Crippen LogP contribution in [0.5, 0.6) is 0 Å². The standard InChI is InChI=1S/C20H27N5O/c1-15(2)10-20(26)24-17-7-5-6-16(11-17)13-21-18-12-19(23-14-22-18)25-8-3-4-9-25/h5-7,11-12,14-15H,3-4,8-10,13H2,1-2H3,(H,24,26)(H,21,22,23). The van der Waals surface area contributed by atoms with Gasteiger partial charge in [-0.2, -0.15) is 0 Å². The van der Waals surface area contributed by atoms with Crippen molar-refractivity contribution in [1.29, 1.82) is 0 Å². The molecular formula is C20H27N5O. The molecule has 0 atom stereocenters. The first-order chi connectivity index (χ1) is 12.6. The monoisotopic (exact) mass is 353 g/mol. The molecule has 6 heteroatoms. The number of rotatable bonds is 7. The van der Waals surface area contributed by atoms with Gasteiger partial charge in [-0.25, -0.2) is 9.97 Å². The molecule has 2 heterocycles. The Kier molecular flexibility index (Phi) is 6.04. The van der Waals surface area contributed by atoms with Crippen molar-refractivity contribution in [3.8, 4) is 0 Å². The van der Waals surface area contributed by atoms with Gasteiger partial charge in [0.15, 0.2) is 0 Å². The van der Waals surface area contributed by atoms with Gasteiger partial charge in [-0.1, -0.05) is 26.0 Å². The zero-order valence-electron chi connectivity index (χ0n) is 15.5. The van der Waals surface area contributed by atoms with E-state index in [1.807, 2.05) is 44.2 Å². The molecule has 138 valence electrons. The van der Waals surface area contributed by atoms with E-state index in [1.54, 1.807) is 6.33 Å². The van der Waals surface area contributed by atoms with E-state index in [0.717, 1.165) is 36.0 Å². The van der Waals surface area contributed by atoms with Crippen LogP contribution in [0, 0.1) is 5.92 Å². The smallest absolute Gasteiger partial charge is 0.224 e. The van der Waals surface area contributed by atoms with Crippen molar-refractivity contribution in [2.75, 3.05) is 28.6 Å². The Morgan fingerprint density at radius 1 is 1.19 bits per heavy atom. The summed E-state index contributed by atoms with van der Waals surface area (Å²) in [6, 6.07) is 9.90. The molecule has 3 rings (SSSR count). The Labute approximate surface area is 155 Å². The number of hydrogen-bond donors (Lipinski definition) is 2. The normalized spacial score (nSPS) is 13.9. The van der Waals surface area contributed by atoms with Gasteiger partial charge in [0, 0.05) is 37.8 Å². The summed E-state index contributed by atoms with van der Waals surface area (Å²) in [4.78, 5) is 22.9. The lowest BCUT2D eigenvalue weighted by Gasteiger charge is -2.16. The van der Waals surface area contributed by atoms with Gasteiger partial charge in [-0.05, 0) is 36.5 Å². The number of nitrogens with zero attached hydrogens (tertiary/aromatic N) is 3. The van der Waals surface area contributed by atoms with Crippen molar-refractivity contribution in [1.82, 2.24) is 9.97 Å². The molecule has 1 aromatic carbocycles. The van der Waals surface area contributed by atoms with Gasteiger partial charge < -0.3 is 15.5 Å². The number of nitrogens with one attached hydrogen (secondary N) is 2. The largest absolute Gasteiger partial charge is 0.366 e. The number of anilines is 3. The highest BCUT2D eigenvalue weighted by Crippen LogP contribution is 2.20. The van der Waals surface area contributed by atoms with Crippen molar-refractivity contribution in [2.24, 2.45) is 5.92 Å². The van der Waals surface area contributed by atoms with Crippen molar-refractivity contribution in [3.63, 3.8) is 0 Å². The first kappa shape index (κ1) is 18.2. The Bertz CT molecular complexity index is 740. The zero-order chi connectivity index (χ0) is 18.4. The van der Waals surface area contributed by atoms with E-state index in [1.165, 1.54) is 12.8 Å². The molecule has 1 amide bonds. The lowest BCUT2D eigenvalue weighted by Crippen LogP contribution is -2.19. The minimum absolute atomic E-state index is 0.0520. The van der Waals surface area contributed by atoms with E-state index in [9.17, 15) is 4.79 Å². The molecule has 1 aromatic heterocycles. The molecule has 0 unspecified atom stereocenters. The predicted molar refractivity (Wildman–Crippen MR) is 105 cm³/mol. The maximum absolute atomic E-state index is 11.9. The number of hydrogen-bond acceptors (Lipinski definition) is 5. The minimum atomic E-state index is 0.0520. The Morgan fingerprint density at radius 2 is 2.00 bits per heavy atom. The van der Waals surface area contributed by atoms with Crippen LogP contribution >= 0.6 is 0 Å². The highest BCUT2D eigenvalue weighted by molar-refractivity contribution is 5.90. The molecule has 6 nitrogen and oxygen atoms in total. The number of carbonyl (C=O) groups excluding carboxylic acids is 1. The lowest BCUT2D eigenvalue weighted by molar-refractivity contribution is -0.116. The van der Waals surface area contributed by atoms with Crippen LogP contribution in [0.4, 0.5) is 17.3 Å². The molecule has 0 aliphatic carbocycles. The first-order valence-corrected chi connectivity index (χ1v) is 9.30. The molecule has 0 saturated carbocycles. The summed E-state index contributed by atoms with van der Waals surface area (Å²) in [5, 5.41) is 6.31. The van der Waals surface area contributed by atoms with Crippen LogP contribution < -0.4 is 15.5 Å². The van der Waals surface area contributed by atoms with Crippen molar-refractivity contribution < 1.29 is 4.79 Å². The van der Waals surface area contributed by atoms with E-state index < -0.39 is 0 Å². The predicted octanol–water partition coefficient (Wildman–Crippen LogP) is 3.67. The second kappa shape index (κ2) is 8.65. The number of amides is 1. The average molecular weight is 353 g/mol. The van der Waals surface area contributed by atoms with Gasteiger partial charge in [-0.3, -0.25) is 4.79 Å².